The fourth-order valence-corrected chi connectivity index (χ4v) is 4.00. The standard InChI is InChI=1S/C21H25N2O/c1-16-9-11-18(12-10-16)21(24)15-22(19-7-5-6-17(2)14-19)20-8-3-4-13-23(20)21/h5-7,9-12,14,24H,3-4,8,13,15H2,1-2H3/q+1/t21-/m1/s1. The van der Waals surface area contributed by atoms with Crippen molar-refractivity contribution in [3.63, 3.8) is 0 Å². The van der Waals surface area contributed by atoms with Gasteiger partial charge in [-0.05, 0) is 44.4 Å². The number of hydrogen-bond donors (Lipinski definition) is 1. The quantitative estimate of drug-likeness (QED) is 0.856. The summed E-state index contributed by atoms with van der Waals surface area (Å²) in [5, 5.41) is 11.6. The Labute approximate surface area is 143 Å². The van der Waals surface area contributed by atoms with Crippen LogP contribution in [0.2, 0.25) is 0 Å². The minimum Gasteiger partial charge on any atom is -0.346 e. The van der Waals surface area contributed by atoms with Gasteiger partial charge in [0.05, 0.1) is 6.54 Å². The highest BCUT2D eigenvalue weighted by molar-refractivity contribution is 5.96. The van der Waals surface area contributed by atoms with Crippen LogP contribution in [0.1, 0.15) is 36.0 Å². The maximum Gasteiger partial charge on any atom is 0.271 e. The van der Waals surface area contributed by atoms with E-state index in [4.69, 9.17) is 0 Å². The molecule has 0 saturated carbocycles. The van der Waals surface area contributed by atoms with Gasteiger partial charge in [-0.15, -0.1) is 0 Å². The molecule has 0 aromatic heterocycles. The topological polar surface area (TPSA) is 26.5 Å². The van der Waals surface area contributed by atoms with Gasteiger partial charge in [0.1, 0.15) is 5.69 Å². The summed E-state index contributed by atoms with van der Waals surface area (Å²) in [7, 11) is 0. The summed E-state index contributed by atoms with van der Waals surface area (Å²) in [5.74, 6) is 1.26. The zero-order valence-electron chi connectivity index (χ0n) is 14.5. The highest BCUT2D eigenvalue weighted by Gasteiger charge is 2.52. The average Bonchev–Trinajstić information content (AvgIpc) is 2.90. The Bertz CT molecular complexity index is 794. The normalized spacial score (nSPS) is 23.5. The molecular formula is C21H25N2O+. The molecule has 2 aromatic carbocycles. The molecule has 0 spiro atoms. The van der Waals surface area contributed by atoms with Crippen molar-refractivity contribution in [2.75, 3.05) is 18.0 Å². The van der Waals surface area contributed by atoms with Gasteiger partial charge < -0.3 is 5.11 Å². The number of aryl methyl sites for hydroxylation is 2. The van der Waals surface area contributed by atoms with Gasteiger partial charge >= 0.3 is 0 Å². The van der Waals surface area contributed by atoms with Crippen molar-refractivity contribution in [2.24, 2.45) is 0 Å². The first kappa shape index (κ1) is 15.4. The van der Waals surface area contributed by atoms with Gasteiger partial charge in [-0.2, -0.15) is 0 Å². The molecule has 0 bridgehead atoms. The first-order valence-electron chi connectivity index (χ1n) is 8.85. The lowest BCUT2D eigenvalue weighted by molar-refractivity contribution is -0.661. The van der Waals surface area contributed by atoms with Crippen LogP contribution in [0.15, 0.2) is 48.5 Å². The molecule has 2 aliphatic heterocycles. The fourth-order valence-electron chi connectivity index (χ4n) is 4.00. The Morgan fingerprint density at radius 2 is 1.79 bits per heavy atom. The number of β-amino-alcohol motifs (C(OH)–C–C–N with tert-alkyl or cyclic N) is 1. The van der Waals surface area contributed by atoms with Crippen LogP contribution in [0, 0.1) is 13.8 Å². The minimum absolute atomic E-state index is 0.592. The molecule has 0 saturated heterocycles. The summed E-state index contributed by atoms with van der Waals surface area (Å²) >= 11 is 0. The van der Waals surface area contributed by atoms with E-state index in [0.717, 1.165) is 24.9 Å². The lowest BCUT2D eigenvalue weighted by atomic mass is 10.0. The lowest BCUT2D eigenvalue weighted by Crippen LogP contribution is -2.41. The van der Waals surface area contributed by atoms with Crippen LogP contribution >= 0.6 is 0 Å². The molecule has 2 aromatic rings. The Morgan fingerprint density at radius 1 is 1.00 bits per heavy atom. The third kappa shape index (κ3) is 2.44. The summed E-state index contributed by atoms with van der Waals surface area (Å²) in [4.78, 5) is 2.31. The smallest absolute Gasteiger partial charge is 0.271 e. The van der Waals surface area contributed by atoms with Gasteiger partial charge in [-0.25, -0.2) is 9.48 Å². The molecule has 1 N–H and O–H groups in total. The SMILES string of the molecule is Cc1ccc([C@]2(O)CN(c3cccc(C)c3)C3=[N+]2CCCC3)cc1. The third-order valence-electron chi connectivity index (χ3n) is 5.31. The van der Waals surface area contributed by atoms with E-state index in [1.165, 1.54) is 29.1 Å². The van der Waals surface area contributed by atoms with Crippen molar-refractivity contribution in [1.82, 2.24) is 0 Å². The number of benzene rings is 2. The summed E-state index contributed by atoms with van der Waals surface area (Å²) in [6, 6.07) is 16.9. The number of hydrogen-bond acceptors (Lipinski definition) is 2. The van der Waals surface area contributed by atoms with E-state index in [-0.39, 0.29) is 0 Å². The Morgan fingerprint density at radius 3 is 2.54 bits per heavy atom. The molecule has 0 unspecified atom stereocenters. The molecular weight excluding hydrogens is 296 g/mol. The van der Waals surface area contributed by atoms with Gasteiger partial charge in [-0.1, -0.05) is 42.0 Å². The number of aliphatic hydroxyl groups is 1. The van der Waals surface area contributed by atoms with Crippen molar-refractivity contribution in [2.45, 2.75) is 38.8 Å². The van der Waals surface area contributed by atoms with Crippen LogP contribution in [-0.4, -0.2) is 28.6 Å². The monoisotopic (exact) mass is 321 g/mol. The van der Waals surface area contributed by atoms with Gasteiger partial charge in [0.25, 0.3) is 11.6 Å². The van der Waals surface area contributed by atoms with Crippen LogP contribution in [0.4, 0.5) is 5.69 Å². The largest absolute Gasteiger partial charge is 0.346 e. The second-order valence-electron chi connectivity index (χ2n) is 7.13. The fraction of sp³-hybridized carbons (Fsp3) is 0.381. The van der Waals surface area contributed by atoms with Gasteiger partial charge in [0.2, 0.25) is 0 Å². The average molecular weight is 321 g/mol. The highest BCUT2D eigenvalue weighted by Crippen LogP contribution is 2.35. The number of amidine groups is 1. The van der Waals surface area contributed by atoms with Gasteiger partial charge in [0, 0.05) is 12.0 Å². The molecule has 3 nitrogen and oxygen atoms in total. The predicted molar refractivity (Wildman–Crippen MR) is 97.6 cm³/mol. The summed E-state index contributed by atoms with van der Waals surface area (Å²) in [5.41, 5.74) is 3.70. The molecule has 2 aliphatic rings. The summed E-state index contributed by atoms with van der Waals surface area (Å²) in [6.45, 7) is 5.71. The van der Waals surface area contributed by atoms with Crippen molar-refractivity contribution >= 4 is 11.5 Å². The van der Waals surface area contributed by atoms with Crippen LogP contribution in [-0.2, 0) is 5.72 Å². The van der Waals surface area contributed by atoms with Crippen molar-refractivity contribution in [3.8, 4) is 0 Å². The second-order valence-corrected chi connectivity index (χ2v) is 7.13. The first-order valence-corrected chi connectivity index (χ1v) is 8.85. The number of nitrogens with zero attached hydrogens (tertiary/aromatic N) is 2. The molecule has 3 heteroatoms. The molecule has 0 aliphatic carbocycles. The van der Waals surface area contributed by atoms with E-state index >= 15 is 0 Å². The zero-order chi connectivity index (χ0) is 16.7. The van der Waals surface area contributed by atoms with Crippen LogP contribution in [0.25, 0.3) is 0 Å². The molecule has 2 heterocycles. The number of anilines is 1. The molecule has 0 amide bonds. The number of rotatable bonds is 2. The van der Waals surface area contributed by atoms with E-state index in [0.29, 0.717) is 6.54 Å². The second kappa shape index (κ2) is 5.75. The summed E-state index contributed by atoms with van der Waals surface area (Å²) in [6.07, 6.45) is 3.36. The zero-order valence-corrected chi connectivity index (χ0v) is 14.5. The Balaban J connectivity index is 1.80. The molecule has 0 fully saturated rings. The van der Waals surface area contributed by atoms with E-state index in [2.05, 4.69) is 71.9 Å². The third-order valence-corrected chi connectivity index (χ3v) is 5.31. The predicted octanol–water partition coefficient (Wildman–Crippen LogP) is 3.56. The van der Waals surface area contributed by atoms with Gasteiger partial charge in [0.15, 0.2) is 6.54 Å². The van der Waals surface area contributed by atoms with E-state index < -0.39 is 5.72 Å². The maximum atomic E-state index is 11.6. The minimum atomic E-state index is -0.937. The molecule has 24 heavy (non-hydrogen) atoms. The van der Waals surface area contributed by atoms with Crippen LogP contribution in [0.5, 0.6) is 0 Å². The van der Waals surface area contributed by atoms with E-state index in [9.17, 15) is 5.11 Å². The Kier molecular flexibility index (Phi) is 3.69. The molecule has 4 rings (SSSR count). The molecule has 124 valence electrons. The molecule has 1 atom stereocenters. The molecule has 0 radical (unpaired) electrons. The van der Waals surface area contributed by atoms with Crippen molar-refractivity contribution < 1.29 is 9.68 Å². The maximum absolute atomic E-state index is 11.6. The van der Waals surface area contributed by atoms with Crippen molar-refractivity contribution in [3.05, 3.63) is 65.2 Å². The van der Waals surface area contributed by atoms with Crippen LogP contribution in [0.3, 0.4) is 0 Å². The van der Waals surface area contributed by atoms with Crippen molar-refractivity contribution in [1.29, 1.82) is 0 Å². The van der Waals surface area contributed by atoms with E-state index in [1.807, 2.05) is 0 Å². The lowest BCUT2D eigenvalue weighted by Gasteiger charge is -2.24. The Hall–Kier alpha value is -2.13. The highest BCUT2D eigenvalue weighted by atomic mass is 16.3. The van der Waals surface area contributed by atoms with Crippen LogP contribution < -0.4 is 4.90 Å². The van der Waals surface area contributed by atoms with E-state index in [1.54, 1.807) is 0 Å². The summed E-state index contributed by atoms with van der Waals surface area (Å²) < 4.78 is 2.23. The first-order chi connectivity index (χ1) is 11.6. The van der Waals surface area contributed by atoms with Gasteiger partial charge in [-0.3, -0.25) is 0 Å².